The summed E-state index contributed by atoms with van der Waals surface area (Å²) in [7, 11) is 0. The van der Waals surface area contributed by atoms with Crippen molar-refractivity contribution in [2.24, 2.45) is 17.6 Å². The highest BCUT2D eigenvalue weighted by molar-refractivity contribution is 5.02. The minimum Gasteiger partial charge on any atom is -0.327 e. The molecule has 2 heteroatoms. The molecule has 0 bridgehead atoms. The average Bonchev–Trinajstić information content (AvgIpc) is 2.43. The van der Waals surface area contributed by atoms with Gasteiger partial charge in [-0.15, -0.1) is 0 Å². The maximum atomic E-state index is 5.98. The van der Waals surface area contributed by atoms with E-state index >= 15 is 0 Å². The van der Waals surface area contributed by atoms with Crippen LogP contribution in [0.25, 0.3) is 0 Å². The van der Waals surface area contributed by atoms with Gasteiger partial charge in [-0.3, -0.25) is 4.90 Å². The Morgan fingerprint density at radius 3 is 2.54 bits per heavy atom. The van der Waals surface area contributed by atoms with Crippen LogP contribution >= 0.6 is 0 Å². The molecule has 0 radical (unpaired) electrons. The second-order valence-electron chi connectivity index (χ2n) is 5.39. The van der Waals surface area contributed by atoms with Crippen LogP contribution in [0.2, 0.25) is 0 Å². The summed E-state index contributed by atoms with van der Waals surface area (Å²) in [5, 5.41) is 0. The molecule has 1 aliphatic carbocycles. The fourth-order valence-corrected chi connectivity index (χ4v) is 2.68. The van der Waals surface area contributed by atoms with E-state index in [1.165, 1.54) is 25.9 Å². The predicted octanol–water partition coefficient (Wildman–Crippen LogP) is 1.45. The van der Waals surface area contributed by atoms with Crippen molar-refractivity contribution < 1.29 is 0 Å². The molecule has 0 aromatic carbocycles. The lowest BCUT2D eigenvalue weighted by molar-refractivity contribution is 0.144. The van der Waals surface area contributed by atoms with Crippen LogP contribution < -0.4 is 5.73 Å². The van der Waals surface area contributed by atoms with Gasteiger partial charge < -0.3 is 5.73 Å². The first kappa shape index (κ1) is 9.47. The summed E-state index contributed by atoms with van der Waals surface area (Å²) in [5.74, 6) is 1.73. The maximum absolute atomic E-state index is 5.98. The molecule has 0 aromatic rings. The molecule has 2 rings (SSSR count). The van der Waals surface area contributed by atoms with Gasteiger partial charge >= 0.3 is 0 Å². The number of nitrogens with zero attached hydrogens (tertiary/aromatic N) is 1. The Hall–Kier alpha value is -0.0800. The van der Waals surface area contributed by atoms with Gasteiger partial charge in [-0.05, 0) is 38.5 Å². The summed E-state index contributed by atoms with van der Waals surface area (Å²) in [6.45, 7) is 9.51. The van der Waals surface area contributed by atoms with Gasteiger partial charge in [0.2, 0.25) is 0 Å². The lowest BCUT2D eigenvalue weighted by Gasteiger charge is -2.36. The average molecular weight is 182 g/mol. The highest BCUT2D eigenvalue weighted by Crippen LogP contribution is 2.42. The van der Waals surface area contributed by atoms with Gasteiger partial charge in [0.25, 0.3) is 0 Å². The molecular weight excluding hydrogens is 160 g/mol. The van der Waals surface area contributed by atoms with Crippen molar-refractivity contribution in [3.05, 3.63) is 0 Å². The third-order valence-electron chi connectivity index (χ3n) is 4.34. The summed E-state index contributed by atoms with van der Waals surface area (Å²) >= 11 is 0. The number of hydrogen-bond acceptors (Lipinski definition) is 2. The van der Waals surface area contributed by atoms with E-state index in [0.29, 0.717) is 11.6 Å². The molecule has 2 unspecified atom stereocenters. The van der Waals surface area contributed by atoms with E-state index in [0.717, 1.165) is 11.8 Å². The normalized spacial score (nSPS) is 40.2. The molecule has 0 spiro atoms. The predicted molar refractivity (Wildman–Crippen MR) is 55.5 cm³/mol. The van der Waals surface area contributed by atoms with Crippen LogP contribution in [0.15, 0.2) is 0 Å². The van der Waals surface area contributed by atoms with Gasteiger partial charge in [-0.1, -0.05) is 6.92 Å². The fraction of sp³-hybridized carbons (Fsp3) is 1.00. The van der Waals surface area contributed by atoms with Crippen molar-refractivity contribution in [2.45, 2.75) is 45.2 Å². The SMILES string of the molecule is CCC(C)(C)N1CC2C[C@@H](N)C2C1. The Labute approximate surface area is 81.5 Å². The van der Waals surface area contributed by atoms with E-state index < -0.39 is 0 Å². The molecule has 1 saturated heterocycles. The monoisotopic (exact) mass is 182 g/mol. The molecule has 13 heavy (non-hydrogen) atoms. The Bertz CT molecular complexity index is 200. The van der Waals surface area contributed by atoms with Crippen LogP contribution in [0.1, 0.15) is 33.6 Å². The maximum Gasteiger partial charge on any atom is 0.0150 e. The van der Waals surface area contributed by atoms with Crippen molar-refractivity contribution in [3.63, 3.8) is 0 Å². The minimum atomic E-state index is 0.386. The summed E-state index contributed by atoms with van der Waals surface area (Å²) in [6, 6.07) is 0.502. The first-order valence-electron chi connectivity index (χ1n) is 5.55. The zero-order valence-electron chi connectivity index (χ0n) is 9.09. The lowest BCUT2D eigenvalue weighted by Crippen LogP contribution is -2.46. The molecule has 3 atom stereocenters. The third-order valence-corrected chi connectivity index (χ3v) is 4.34. The number of rotatable bonds is 2. The zero-order valence-corrected chi connectivity index (χ0v) is 9.09. The zero-order chi connectivity index (χ0) is 9.64. The number of fused-ring (bicyclic) bond motifs is 1. The van der Waals surface area contributed by atoms with Crippen molar-refractivity contribution in [2.75, 3.05) is 13.1 Å². The first-order chi connectivity index (χ1) is 6.04. The highest BCUT2D eigenvalue weighted by atomic mass is 15.2. The van der Waals surface area contributed by atoms with E-state index in [4.69, 9.17) is 5.73 Å². The van der Waals surface area contributed by atoms with Crippen LogP contribution in [0.3, 0.4) is 0 Å². The molecule has 1 saturated carbocycles. The van der Waals surface area contributed by atoms with E-state index in [2.05, 4.69) is 25.7 Å². The van der Waals surface area contributed by atoms with E-state index in [1.54, 1.807) is 0 Å². The van der Waals surface area contributed by atoms with Crippen molar-refractivity contribution in [1.82, 2.24) is 4.90 Å². The smallest absolute Gasteiger partial charge is 0.0150 e. The Kier molecular flexibility index (Phi) is 2.16. The first-order valence-corrected chi connectivity index (χ1v) is 5.55. The van der Waals surface area contributed by atoms with Gasteiger partial charge in [0, 0.05) is 24.7 Å². The standard InChI is InChI=1S/C11H22N2/c1-4-11(2,3)13-6-8-5-10(12)9(8)7-13/h8-10H,4-7,12H2,1-3H3/t8?,9?,10-/m1/s1. The van der Waals surface area contributed by atoms with Crippen molar-refractivity contribution in [3.8, 4) is 0 Å². The topological polar surface area (TPSA) is 29.3 Å². The fourth-order valence-electron chi connectivity index (χ4n) is 2.68. The van der Waals surface area contributed by atoms with Gasteiger partial charge in [0.1, 0.15) is 0 Å². The summed E-state index contributed by atoms with van der Waals surface area (Å²) in [5.41, 5.74) is 6.37. The Balaban J connectivity index is 1.98. The second-order valence-corrected chi connectivity index (χ2v) is 5.39. The van der Waals surface area contributed by atoms with E-state index in [9.17, 15) is 0 Å². The molecule has 1 heterocycles. The third kappa shape index (κ3) is 1.40. The molecular formula is C11H22N2. The van der Waals surface area contributed by atoms with Gasteiger partial charge in [0.05, 0.1) is 0 Å². The molecule has 1 aliphatic heterocycles. The summed E-state index contributed by atoms with van der Waals surface area (Å²) < 4.78 is 0. The second kappa shape index (κ2) is 2.96. The number of nitrogens with two attached hydrogens (primary N) is 1. The molecule has 2 fully saturated rings. The Morgan fingerprint density at radius 2 is 2.08 bits per heavy atom. The molecule has 76 valence electrons. The van der Waals surface area contributed by atoms with Gasteiger partial charge in [-0.2, -0.15) is 0 Å². The molecule has 2 aliphatic rings. The van der Waals surface area contributed by atoms with E-state index in [-0.39, 0.29) is 0 Å². The molecule has 2 nitrogen and oxygen atoms in total. The quantitative estimate of drug-likeness (QED) is 0.700. The van der Waals surface area contributed by atoms with Crippen LogP contribution in [0.4, 0.5) is 0 Å². The number of likely N-dealkylation sites (tertiary alicyclic amines) is 1. The van der Waals surface area contributed by atoms with Gasteiger partial charge in [-0.25, -0.2) is 0 Å². The number of hydrogen-bond donors (Lipinski definition) is 1. The van der Waals surface area contributed by atoms with Gasteiger partial charge in [0.15, 0.2) is 0 Å². The highest BCUT2D eigenvalue weighted by Gasteiger charge is 2.47. The minimum absolute atomic E-state index is 0.386. The van der Waals surface area contributed by atoms with Crippen LogP contribution in [-0.2, 0) is 0 Å². The lowest BCUT2D eigenvalue weighted by atomic mass is 9.72. The van der Waals surface area contributed by atoms with Crippen LogP contribution in [0.5, 0.6) is 0 Å². The van der Waals surface area contributed by atoms with Crippen LogP contribution in [0, 0.1) is 11.8 Å². The summed E-state index contributed by atoms with van der Waals surface area (Å²) in [6.07, 6.45) is 2.50. The van der Waals surface area contributed by atoms with Crippen molar-refractivity contribution >= 4 is 0 Å². The molecule has 2 N–H and O–H groups in total. The Morgan fingerprint density at radius 1 is 1.38 bits per heavy atom. The largest absolute Gasteiger partial charge is 0.327 e. The molecule has 0 amide bonds. The van der Waals surface area contributed by atoms with E-state index in [1.807, 2.05) is 0 Å². The van der Waals surface area contributed by atoms with Crippen LogP contribution in [-0.4, -0.2) is 29.6 Å². The summed E-state index contributed by atoms with van der Waals surface area (Å²) in [4.78, 5) is 2.63. The van der Waals surface area contributed by atoms with Crippen molar-refractivity contribution in [1.29, 1.82) is 0 Å². The molecule has 0 aromatic heterocycles.